The summed E-state index contributed by atoms with van der Waals surface area (Å²) in [5.74, 6) is -1.43. The number of amides is 3. The molecule has 0 bridgehead atoms. The van der Waals surface area contributed by atoms with Crippen LogP contribution in [0.25, 0.3) is 16.1 Å². The average Bonchev–Trinajstić information content (AvgIpc) is 3.29. The number of thiazole rings is 1. The molecular formula is C22H20F3N5O4S. The van der Waals surface area contributed by atoms with E-state index in [9.17, 15) is 32.3 Å². The highest BCUT2D eigenvalue weighted by molar-refractivity contribution is 7.13. The minimum Gasteiger partial charge on any atom is -0.349 e. The molecule has 35 heavy (non-hydrogen) atoms. The lowest BCUT2D eigenvalue weighted by atomic mass is 9.90. The molecule has 3 N–H and O–H groups in total. The van der Waals surface area contributed by atoms with E-state index < -0.39 is 35.4 Å². The molecule has 13 heteroatoms. The Labute approximate surface area is 201 Å². The van der Waals surface area contributed by atoms with Crippen LogP contribution in [-0.4, -0.2) is 46.6 Å². The van der Waals surface area contributed by atoms with Crippen LogP contribution in [0.5, 0.6) is 0 Å². The summed E-state index contributed by atoms with van der Waals surface area (Å²) in [6, 6.07) is 0.815. The lowest BCUT2D eigenvalue weighted by Crippen LogP contribution is -2.30. The number of anilines is 1. The first-order chi connectivity index (χ1) is 16.5. The number of alkyl halides is 3. The lowest BCUT2D eigenvalue weighted by Gasteiger charge is -2.16. The maximum Gasteiger partial charge on any atom is 0.434 e. The van der Waals surface area contributed by atoms with Crippen LogP contribution in [0.2, 0.25) is 0 Å². The maximum atomic E-state index is 13.2. The number of Topliss-reactive ketones (excluding diaryl/α,β-unsaturated/α-hetero) is 2. The number of ketones is 2. The van der Waals surface area contributed by atoms with Crippen molar-refractivity contribution in [3.63, 3.8) is 0 Å². The van der Waals surface area contributed by atoms with E-state index in [1.54, 1.807) is 6.92 Å². The maximum absolute atomic E-state index is 13.2. The minimum absolute atomic E-state index is 0.00555. The van der Waals surface area contributed by atoms with Crippen LogP contribution >= 0.6 is 11.3 Å². The van der Waals surface area contributed by atoms with Gasteiger partial charge in [-0.2, -0.15) is 13.2 Å². The number of hydrogen-bond acceptors (Lipinski definition) is 7. The van der Waals surface area contributed by atoms with Gasteiger partial charge in [0.25, 0.3) is 0 Å². The lowest BCUT2D eigenvalue weighted by molar-refractivity contribution is -0.140. The Hall–Kier alpha value is -3.87. The molecule has 184 valence electrons. The van der Waals surface area contributed by atoms with E-state index in [0.717, 1.165) is 16.7 Å². The van der Waals surface area contributed by atoms with Gasteiger partial charge in [0.1, 0.15) is 10.8 Å². The van der Waals surface area contributed by atoms with Gasteiger partial charge in [-0.3, -0.25) is 19.7 Å². The van der Waals surface area contributed by atoms with Gasteiger partial charge >= 0.3 is 12.2 Å². The molecule has 3 amide bonds. The van der Waals surface area contributed by atoms with Gasteiger partial charge in [0.05, 0.1) is 12.1 Å². The van der Waals surface area contributed by atoms with Gasteiger partial charge in [0.15, 0.2) is 17.3 Å². The Morgan fingerprint density at radius 3 is 2.54 bits per heavy atom. The third-order valence-electron chi connectivity index (χ3n) is 4.72. The summed E-state index contributed by atoms with van der Waals surface area (Å²) in [7, 11) is 0. The van der Waals surface area contributed by atoms with Crippen LogP contribution in [-0.2, 0) is 20.6 Å². The van der Waals surface area contributed by atoms with Crippen molar-refractivity contribution in [2.75, 3.05) is 18.4 Å². The number of urea groups is 1. The number of carbonyl (C=O) groups excluding carboxylic acids is 4. The number of halogens is 3. The van der Waals surface area contributed by atoms with Crippen molar-refractivity contribution in [2.24, 2.45) is 0 Å². The molecule has 0 spiro atoms. The highest BCUT2D eigenvalue weighted by Crippen LogP contribution is 2.38. The van der Waals surface area contributed by atoms with Gasteiger partial charge < -0.3 is 10.6 Å². The van der Waals surface area contributed by atoms with Gasteiger partial charge in [0, 0.05) is 42.6 Å². The SMILES string of the molecule is CCNC(=O)Nc1cc(-c2nc(C(F)(F)F)cs2)c(C2=CCC(=O)C(C(=O)CNC(C)=O)=C2)cn1. The number of hydrogen-bond donors (Lipinski definition) is 3. The molecule has 3 rings (SSSR count). The Kier molecular flexibility index (Phi) is 7.79. The second kappa shape index (κ2) is 10.6. The predicted molar refractivity (Wildman–Crippen MR) is 122 cm³/mol. The standard InChI is InChI=1S/C22H20F3N5O4S/c1-3-26-21(34)30-19-7-13(20-29-18(10-35-20)22(23,24)25)15(8-28-19)12-4-5-16(32)14(6-12)17(33)9-27-11(2)31/h4,6-8,10H,3,5,9H2,1-2H3,(H,27,31)(H2,26,28,30,34). The van der Waals surface area contributed by atoms with Crippen LogP contribution in [0.4, 0.5) is 23.8 Å². The summed E-state index contributed by atoms with van der Waals surface area (Å²) in [5.41, 5.74) is -0.328. The second-order valence-corrected chi connectivity index (χ2v) is 8.17. The van der Waals surface area contributed by atoms with Gasteiger partial charge in [0.2, 0.25) is 5.91 Å². The van der Waals surface area contributed by atoms with E-state index in [2.05, 4.69) is 25.9 Å². The van der Waals surface area contributed by atoms with Crippen molar-refractivity contribution in [1.82, 2.24) is 20.6 Å². The second-order valence-electron chi connectivity index (χ2n) is 7.31. The Morgan fingerprint density at radius 1 is 1.17 bits per heavy atom. The number of nitrogens with one attached hydrogen (secondary N) is 3. The van der Waals surface area contributed by atoms with Gasteiger partial charge in [-0.1, -0.05) is 6.08 Å². The molecule has 2 heterocycles. The number of carbonyl (C=O) groups is 4. The molecule has 0 aromatic carbocycles. The molecule has 0 atom stereocenters. The first-order valence-corrected chi connectivity index (χ1v) is 11.2. The fourth-order valence-electron chi connectivity index (χ4n) is 3.11. The Bertz CT molecular complexity index is 1250. The van der Waals surface area contributed by atoms with E-state index >= 15 is 0 Å². The quantitative estimate of drug-likeness (QED) is 0.493. The van der Waals surface area contributed by atoms with Crippen molar-refractivity contribution >= 4 is 46.2 Å². The number of allylic oxidation sites excluding steroid dienone is 3. The van der Waals surface area contributed by atoms with E-state index in [1.807, 2.05) is 0 Å². The zero-order chi connectivity index (χ0) is 25.8. The van der Waals surface area contributed by atoms with E-state index in [-0.39, 0.29) is 34.9 Å². The summed E-state index contributed by atoms with van der Waals surface area (Å²) in [6.45, 7) is 2.91. The van der Waals surface area contributed by atoms with Crippen LogP contribution in [0.1, 0.15) is 31.5 Å². The zero-order valence-electron chi connectivity index (χ0n) is 18.6. The summed E-state index contributed by atoms with van der Waals surface area (Å²) >= 11 is 0.748. The fraction of sp³-hybridized carbons (Fsp3) is 0.273. The van der Waals surface area contributed by atoms with Crippen molar-refractivity contribution in [3.05, 3.63) is 46.6 Å². The summed E-state index contributed by atoms with van der Waals surface area (Å²) < 4.78 is 39.5. The van der Waals surface area contributed by atoms with E-state index in [1.165, 1.54) is 31.3 Å². The molecule has 0 saturated heterocycles. The smallest absolute Gasteiger partial charge is 0.349 e. The van der Waals surface area contributed by atoms with Crippen LogP contribution < -0.4 is 16.0 Å². The average molecular weight is 507 g/mol. The van der Waals surface area contributed by atoms with Gasteiger partial charge in [-0.05, 0) is 24.6 Å². The number of nitrogens with zero attached hydrogens (tertiary/aromatic N) is 2. The van der Waals surface area contributed by atoms with Gasteiger partial charge in [-0.25, -0.2) is 14.8 Å². The minimum atomic E-state index is -4.65. The first-order valence-electron chi connectivity index (χ1n) is 10.3. The largest absolute Gasteiger partial charge is 0.434 e. The number of rotatable bonds is 7. The van der Waals surface area contributed by atoms with Crippen LogP contribution in [0.15, 0.2) is 35.4 Å². The van der Waals surface area contributed by atoms with E-state index in [4.69, 9.17) is 0 Å². The topological polar surface area (TPSA) is 130 Å². The molecule has 0 aliphatic heterocycles. The number of aromatic nitrogens is 2. The molecule has 9 nitrogen and oxygen atoms in total. The number of pyridine rings is 1. The Morgan fingerprint density at radius 2 is 1.91 bits per heavy atom. The molecule has 1 aliphatic rings. The monoisotopic (exact) mass is 507 g/mol. The normalized spacial score (nSPS) is 13.6. The van der Waals surface area contributed by atoms with Crippen LogP contribution in [0, 0.1) is 0 Å². The molecular weight excluding hydrogens is 487 g/mol. The zero-order valence-corrected chi connectivity index (χ0v) is 19.4. The third-order valence-corrected chi connectivity index (χ3v) is 5.60. The molecule has 0 fully saturated rings. The molecule has 1 aliphatic carbocycles. The molecule has 0 unspecified atom stereocenters. The van der Waals surface area contributed by atoms with Gasteiger partial charge in [-0.15, -0.1) is 11.3 Å². The van der Waals surface area contributed by atoms with Crippen molar-refractivity contribution in [1.29, 1.82) is 0 Å². The fourth-order valence-corrected chi connectivity index (χ4v) is 3.97. The third kappa shape index (κ3) is 6.38. The Balaban J connectivity index is 2.05. The summed E-state index contributed by atoms with van der Waals surface area (Å²) in [6.07, 6.45) is -0.626. The van der Waals surface area contributed by atoms with Crippen LogP contribution in [0.3, 0.4) is 0 Å². The predicted octanol–water partition coefficient (Wildman–Crippen LogP) is 3.35. The highest BCUT2D eigenvalue weighted by Gasteiger charge is 2.34. The van der Waals surface area contributed by atoms with E-state index in [0.29, 0.717) is 17.7 Å². The molecule has 2 aromatic rings. The highest BCUT2D eigenvalue weighted by atomic mass is 32.1. The van der Waals surface area contributed by atoms with Crippen molar-refractivity contribution in [2.45, 2.75) is 26.4 Å². The first kappa shape index (κ1) is 25.7. The molecule has 0 saturated carbocycles. The van der Waals surface area contributed by atoms with Crippen molar-refractivity contribution < 1.29 is 32.3 Å². The molecule has 0 radical (unpaired) electrons. The summed E-state index contributed by atoms with van der Waals surface area (Å²) in [5, 5.41) is 8.22. The summed E-state index contributed by atoms with van der Waals surface area (Å²) in [4.78, 5) is 55.6. The molecule has 2 aromatic heterocycles. The van der Waals surface area contributed by atoms with Crippen molar-refractivity contribution in [3.8, 4) is 10.6 Å².